The Morgan fingerprint density at radius 1 is 1.22 bits per heavy atom. The van der Waals surface area contributed by atoms with Gasteiger partial charge in [0, 0.05) is 17.9 Å². The first-order valence-corrected chi connectivity index (χ1v) is 5.85. The van der Waals surface area contributed by atoms with E-state index in [-0.39, 0.29) is 0 Å². The highest BCUT2D eigenvalue weighted by Crippen LogP contribution is 2.20. The molecular weight excluding hydrogens is 246 g/mol. The summed E-state index contributed by atoms with van der Waals surface area (Å²) in [5, 5.41) is 12.6. The van der Waals surface area contributed by atoms with E-state index < -0.39 is 0 Å². The van der Waals surface area contributed by atoms with E-state index in [0.717, 1.165) is 16.9 Å². The molecule has 0 bridgehead atoms. The monoisotopic (exact) mass is 257 g/mol. The lowest BCUT2D eigenvalue weighted by atomic mass is 10.1. The van der Waals surface area contributed by atoms with Crippen molar-refractivity contribution in [2.24, 2.45) is 0 Å². The minimum Gasteiger partial charge on any atom is -0.398 e. The van der Waals surface area contributed by atoms with Crippen LogP contribution < -0.4 is 11.1 Å². The summed E-state index contributed by atoms with van der Waals surface area (Å²) in [6.45, 7) is 0.610. The molecule has 0 aromatic heterocycles. The molecule has 90 valence electrons. The molecule has 0 heterocycles. The molecule has 0 aliphatic heterocycles. The van der Waals surface area contributed by atoms with Crippen molar-refractivity contribution in [2.75, 3.05) is 11.1 Å². The maximum absolute atomic E-state index is 8.89. The Labute approximate surface area is 111 Å². The maximum atomic E-state index is 8.89. The minimum absolute atomic E-state index is 0.460. The van der Waals surface area contributed by atoms with E-state index in [1.54, 1.807) is 12.1 Å². The molecular formula is C14H12ClN3. The third-order valence-corrected chi connectivity index (χ3v) is 2.95. The first kappa shape index (κ1) is 12.3. The minimum atomic E-state index is 0.460. The fourth-order valence-electron chi connectivity index (χ4n) is 1.61. The topological polar surface area (TPSA) is 61.8 Å². The van der Waals surface area contributed by atoms with Crippen LogP contribution in [0.5, 0.6) is 0 Å². The number of halogens is 1. The molecule has 0 unspecified atom stereocenters. The fraction of sp³-hybridized carbons (Fsp3) is 0.0714. The molecule has 0 atom stereocenters. The average molecular weight is 258 g/mol. The highest BCUT2D eigenvalue weighted by atomic mass is 35.5. The molecule has 0 fully saturated rings. The predicted octanol–water partition coefficient (Wildman–Crippen LogP) is 3.41. The van der Waals surface area contributed by atoms with Crippen LogP contribution in [0, 0.1) is 11.3 Å². The summed E-state index contributed by atoms with van der Waals surface area (Å²) in [5.41, 5.74) is 8.93. The standard InChI is InChI=1S/C14H12ClN3/c15-13-6-5-12(7-11(13)8-16)18-9-10-3-1-2-4-14(10)17/h1-7,18H,9,17H2. The van der Waals surface area contributed by atoms with Crippen LogP contribution in [0.3, 0.4) is 0 Å². The van der Waals surface area contributed by atoms with Gasteiger partial charge in [0.05, 0.1) is 10.6 Å². The zero-order valence-electron chi connectivity index (χ0n) is 9.65. The molecule has 0 radical (unpaired) electrons. The Hall–Kier alpha value is -2.18. The van der Waals surface area contributed by atoms with Crippen molar-refractivity contribution in [3.05, 3.63) is 58.6 Å². The number of nitrogens with zero attached hydrogens (tertiary/aromatic N) is 1. The van der Waals surface area contributed by atoms with Crippen LogP contribution >= 0.6 is 11.6 Å². The van der Waals surface area contributed by atoms with Crippen LogP contribution in [-0.2, 0) is 6.54 Å². The van der Waals surface area contributed by atoms with Gasteiger partial charge in [-0.2, -0.15) is 5.26 Å². The van der Waals surface area contributed by atoms with Gasteiger partial charge in [-0.05, 0) is 29.8 Å². The predicted molar refractivity (Wildman–Crippen MR) is 74.3 cm³/mol. The molecule has 3 nitrogen and oxygen atoms in total. The number of rotatable bonds is 3. The molecule has 0 aliphatic rings. The van der Waals surface area contributed by atoms with E-state index in [0.29, 0.717) is 17.1 Å². The number of nitrogens with two attached hydrogens (primary N) is 1. The number of nitriles is 1. The van der Waals surface area contributed by atoms with Crippen molar-refractivity contribution >= 4 is 23.0 Å². The van der Waals surface area contributed by atoms with Crippen LogP contribution in [0.4, 0.5) is 11.4 Å². The largest absolute Gasteiger partial charge is 0.398 e. The van der Waals surface area contributed by atoms with E-state index in [9.17, 15) is 0 Å². The molecule has 2 aromatic carbocycles. The van der Waals surface area contributed by atoms with Crippen LogP contribution in [0.15, 0.2) is 42.5 Å². The highest BCUT2D eigenvalue weighted by Gasteiger charge is 2.02. The van der Waals surface area contributed by atoms with Crippen molar-refractivity contribution < 1.29 is 0 Å². The van der Waals surface area contributed by atoms with E-state index >= 15 is 0 Å². The molecule has 0 aliphatic carbocycles. The zero-order valence-corrected chi connectivity index (χ0v) is 10.4. The molecule has 0 amide bonds. The summed E-state index contributed by atoms with van der Waals surface area (Å²) >= 11 is 5.87. The Bertz CT molecular complexity index is 602. The van der Waals surface area contributed by atoms with Gasteiger partial charge >= 0.3 is 0 Å². The smallest absolute Gasteiger partial charge is 0.101 e. The van der Waals surface area contributed by atoms with Crippen molar-refractivity contribution in [1.29, 1.82) is 5.26 Å². The summed E-state index contributed by atoms with van der Waals surface area (Å²) in [6, 6.07) is 15.0. The molecule has 0 saturated heterocycles. The molecule has 18 heavy (non-hydrogen) atoms. The Morgan fingerprint density at radius 3 is 2.72 bits per heavy atom. The number of nitrogens with one attached hydrogen (secondary N) is 1. The maximum Gasteiger partial charge on any atom is 0.101 e. The Kier molecular flexibility index (Phi) is 3.71. The van der Waals surface area contributed by atoms with Crippen LogP contribution in [0.2, 0.25) is 5.02 Å². The van der Waals surface area contributed by atoms with Gasteiger partial charge in [0.1, 0.15) is 6.07 Å². The van der Waals surface area contributed by atoms with Crippen molar-refractivity contribution in [1.82, 2.24) is 0 Å². The van der Waals surface area contributed by atoms with Crippen molar-refractivity contribution in [3.63, 3.8) is 0 Å². The summed E-state index contributed by atoms with van der Waals surface area (Å²) in [7, 11) is 0. The number of hydrogen-bond acceptors (Lipinski definition) is 3. The molecule has 3 N–H and O–H groups in total. The SMILES string of the molecule is N#Cc1cc(NCc2ccccc2N)ccc1Cl. The normalized spacial score (nSPS) is 9.78. The van der Waals surface area contributed by atoms with Crippen LogP contribution in [0.25, 0.3) is 0 Å². The number of nitrogen functional groups attached to an aromatic ring is 1. The zero-order chi connectivity index (χ0) is 13.0. The second-order valence-electron chi connectivity index (χ2n) is 3.86. The third kappa shape index (κ3) is 2.73. The number of benzene rings is 2. The van der Waals surface area contributed by atoms with Gasteiger partial charge in [-0.25, -0.2) is 0 Å². The highest BCUT2D eigenvalue weighted by molar-refractivity contribution is 6.31. The van der Waals surface area contributed by atoms with Crippen molar-refractivity contribution in [3.8, 4) is 6.07 Å². The first-order chi connectivity index (χ1) is 8.70. The molecule has 0 spiro atoms. The van der Waals surface area contributed by atoms with Gasteiger partial charge in [0.15, 0.2) is 0 Å². The second kappa shape index (κ2) is 5.44. The number of anilines is 2. The van der Waals surface area contributed by atoms with Gasteiger partial charge in [-0.3, -0.25) is 0 Å². The lowest BCUT2D eigenvalue weighted by molar-refractivity contribution is 1.15. The molecule has 4 heteroatoms. The fourth-order valence-corrected chi connectivity index (χ4v) is 1.77. The van der Waals surface area contributed by atoms with Gasteiger partial charge in [0.2, 0.25) is 0 Å². The molecule has 2 aromatic rings. The lowest BCUT2D eigenvalue weighted by Gasteiger charge is -2.09. The average Bonchev–Trinajstić information content (AvgIpc) is 2.39. The third-order valence-electron chi connectivity index (χ3n) is 2.62. The Balaban J connectivity index is 2.12. The van der Waals surface area contributed by atoms with Gasteiger partial charge in [0.25, 0.3) is 0 Å². The number of hydrogen-bond donors (Lipinski definition) is 2. The van der Waals surface area contributed by atoms with E-state index in [4.69, 9.17) is 22.6 Å². The summed E-state index contributed by atoms with van der Waals surface area (Å²) in [6.07, 6.45) is 0. The Morgan fingerprint density at radius 2 is 2.00 bits per heavy atom. The quantitative estimate of drug-likeness (QED) is 0.829. The first-order valence-electron chi connectivity index (χ1n) is 5.47. The molecule has 2 rings (SSSR count). The summed E-state index contributed by atoms with van der Waals surface area (Å²) < 4.78 is 0. The van der Waals surface area contributed by atoms with Crippen molar-refractivity contribution in [2.45, 2.75) is 6.54 Å². The van der Waals surface area contributed by atoms with Gasteiger partial charge in [-0.15, -0.1) is 0 Å². The van der Waals surface area contributed by atoms with Crippen LogP contribution in [0.1, 0.15) is 11.1 Å². The van der Waals surface area contributed by atoms with Gasteiger partial charge < -0.3 is 11.1 Å². The van der Waals surface area contributed by atoms with Gasteiger partial charge in [-0.1, -0.05) is 29.8 Å². The van der Waals surface area contributed by atoms with E-state index in [1.807, 2.05) is 36.4 Å². The lowest BCUT2D eigenvalue weighted by Crippen LogP contribution is -2.02. The second-order valence-corrected chi connectivity index (χ2v) is 4.27. The van der Waals surface area contributed by atoms with E-state index in [2.05, 4.69) is 5.32 Å². The summed E-state index contributed by atoms with van der Waals surface area (Å²) in [5.74, 6) is 0. The number of para-hydroxylation sites is 1. The van der Waals surface area contributed by atoms with Crippen LogP contribution in [-0.4, -0.2) is 0 Å². The molecule has 0 saturated carbocycles. The van der Waals surface area contributed by atoms with E-state index in [1.165, 1.54) is 0 Å². The summed E-state index contributed by atoms with van der Waals surface area (Å²) in [4.78, 5) is 0.